The molecule has 28 heavy (non-hydrogen) atoms. The van der Waals surface area contributed by atoms with E-state index < -0.39 is 8.32 Å². The number of benzene rings is 1. The number of rotatable bonds is 5. The number of Topliss-reactive ketones (excluding diaryl/α,β-unsaturated/α-hetero) is 1. The third kappa shape index (κ3) is 5.02. The lowest BCUT2D eigenvalue weighted by Gasteiger charge is -2.41. The van der Waals surface area contributed by atoms with Gasteiger partial charge in [0.1, 0.15) is 17.3 Å². The molecular weight excluding hydrogens is 432 g/mol. The number of methoxy groups -OCH3 is 1. The van der Waals surface area contributed by atoms with Crippen molar-refractivity contribution in [2.24, 2.45) is 17.3 Å². The van der Waals surface area contributed by atoms with E-state index in [-0.39, 0.29) is 16.4 Å². The third-order valence-corrected chi connectivity index (χ3v) is 11.6. The smallest absolute Gasteiger partial charge is 0.250 e. The Morgan fingerprint density at radius 1 is 1.21 bits per heavy atom. The fraction of sp³-hybridized carbons (Fsp3) is 0.696. The van der Waals surface area contributed by atoms with Crippen LogP contribution in [0.4, 0.5) is 0 Å². The number of halogens is 1. The van der Waals surface area contributed by atoms with Crippen molar-refractivity contribution < 1.29 is 14.0 Å². The van der Waals surface area contributed by atoms with Crippen LogP contribution < -0.4 is 9.16 Å². The van der Waals surface area contributed by atoms with Crippen molar-refractivity contribution in [1.29, 1.82) is 0 Å². The molecule has 1 aliphatic carbocycles. The maximum Gasteiger partial charge on any atom is 0.250 e. The first-order chi connectivity index (χ1) is 12.7. The Morgan fingerprint density at radius 2 is 1.82 bits per heavy atom. The second-order valence-electron chi connectivity index (χ2n) is 10.7. The third-order valence-electron chi connectivity index (χ3n) is 6.69. The van der Waals surface area contributed by atoms with Crippen LogP contribution >= 0.6 is 15.9 Å². The van der Waals surface area contributed by atoms with Gasteiger partial charge < -0.3 is 9.16 Å². The summed E-state index contributed by atoms with van der Waals surface area (Å²) in [6.45, 7) is 17.9. The number of hydrogen-bond donors (Lipinski definition) is 0. The molecule has 0 amide bonds. The predicted molar refractivity (Wildman–Crippen MR) is 123 cm³/mol. The zero-order chi connectivity index (χ0) is 21.5. The predicted octanol–water partition coefficient (Wildman–Crippen LogP) is 7.03. The summed E-state index contributed by atoms with van der Waals surface area (Å²) in [6, 6.07) is 4.07. The highest BCUT2D eigenvalue weighted by molar-refractivity contribution is 9.10. The van der Waals surface area contributed by atoms with E-state index in [1.54, 1.807) is 7.11 Å². The van der Waals surface area contributed by atoms with Crippen LogP contribution in [0.1, 0.15) is 59.9 Å². The Labute approximate surface area is 180 Å². The molecule has 1 fully saturated rings. The van der Waals surface area contributed by atoms with Crippen LogP contribution in [0.25, 0.3) is 0 Å². The van der Waals surface area contributed by atoms with Gasteiger partial charge >= 0.3 is 0 Å². The number of ether oxygens (including phenoxy) is 1. The molecule has 0 radical (unpaired) electrons. The molecule has 5 heteroatoms. The molecule has 0 N–H and O–H groups in total. The molecule has 158 valence electrons. The molecule has 0 spiro atoms. The molecule has 1 aliphatic rings. The maximum absolute atomic E-state index is 12.9. The first kappa shape index (κ1) is 23.5. The van der Waals surface area contributed by atoms with Gasteiger partial charge in [0.2, 0.25) is 8.32 Å². The number of ketones is 1. The lowest BCUT2D eigenvalue weighted by Crippen LogP contribution is -2.44. The van der Waals surface area contributed by atoms with E-state index in [2.05, 4.69) is 70.6 Å². The summed E-state index contributed by atoms with van der Waals surface area (Å²) in [5, 5.41) is 0.103. The van der Waals surface area contributed by atoms with Gasteiger partial charge in [-0.1, -0.05) is 41.5 Å². The van der Waals surface area contributed by atoms with Crippen molar-refractivity contribution >= 4 is 30.0 Å². The Morgan fingerprint density at radius 3 is 2.32 bits per heavy atom. The van der Waals surface area contributed by atoms with Crippen LogP contribution in [0.15, 0.2) is 16.6 Å². The first-order valence-corrected chi connectivity index (χ1v) is 14.0. The minimum absolute atomic E-state index is 0.0105. The SMILES string of the molecule is COc1cc(C[C@H]2C(=O)C[C@@H](C)CC2(C)C)c(O[Si](C)(C)C(C)(C)C)cc1Br. The van der Waals surface area contributed by atoms with Gasteiger partial charge in [-0.25, -0.2) is 0 Å². The molecule has 0 unspecified atom stereocenters. The molecule has 0 aliphatic heterocycles. The van der Waals surface area contributed by atoms with Gasteiger partial charge in [-0.2, -0.15) is 0 Å². The van der Waals surface area contributed by atoms with Gasteiger partial charge in [0.15, 0.2) is 0 Å². The minimum atomic E-state index is -2.00. The van der Waals surface area contributed by atoms with E-state index in [0.29, 0.717) is 24.5 Å². The summed E-state index contributed by atoms with van der Waals surface area (Å²) in [7, 11) is -0.327. The number of hydrogen-bond acceptors (Lipinski definition) is 3. The fourth-order valence-electron chi connectivity index (χ4n) is 4.06. The highest BCUT2D eigenvalue weighted by Gasteiger charge is 2.42. The van der Waals surface area contributed by atoms with E-state index in [9.17, 15) is 4.79 Å². The minimum Gasteiger partial charge on any atom is -0.543 e. The Hall–Kier alpha value is -0.813. The average molecular weight is 470 g/mol. The highest BCUT2D eigenvalue weighted by atomic mass is 79.9. The standard InChI is InChI=1S/C23H37BrO3Si/c1-15-10-19(25)17(23(5,6)14-15)11-16-12-21(26-7)18(24)13-20(16)27-28(8,9)22(2,3)4/h12-13,15,17H,10-11,14H2,1-9H3/t15-,17+/m1/s1. The first-order valence-electron chi connectivity index (χ1n) is 10.3. The number of carbonyl (C=O) groups excluding carboxylic acids is 1. The lowest BCUT2D eigenvalue weighted by atomic mass is 9.63. The van der Waals surface area contributed by atoms with E-state index in [4.69, 9.17) is 9.16 Å². The zero-order valence-corrected chi connectivity index (χ0v) is 21.6. The topological polar surface area (TPSA) is 35.5 Å². The molecule has 1 saturated carbocycles. The van der Waals surface area contributed by atoms with E-state index in [1.165, 1.54) is 0 Å². The second-order valence-corrected chi connectivity index (χ2v) is 16.3. The van der Waals surface area contributed by atoms with E-state index in [1.807, 2.05) is 12.1 Å². The molecule has 1 aromatic carbocycles. The lowest BCUT2D eigenvalue weighted by molar-refractivity contribution is -0.131. The van der Waals surface area contributed by atoms with Crippen LogP contribution in [-0.2, 0) is 11.2 Å². The largest absolute Gasteiger partial charge is 0.543 e. The van der Waals surface area contributed by atoms with Crippen LogP contribution in [0, 0.1) is 17.3 Å². The van der Waals surface area contributed by atoms with Crippen LogP contribution in [0.2, 0.25) is 18.1 Å². The van der Waals surface area contributed by atoms with Crippen molar-refractivity contribution in [3.05, 3.63) is 22.2 Å². The van der Waals surface area contributed by atoms with E-state index in [0.717, 1.165) is 28.0 Å². The van der Waals surface area contributed by atoms with Crippen molar-refractivity contribution in [2.45, 2.75) is 78.9 Å². The van der Waals surface area contributed by atoms with Gasteiger partial charge in [-0.15, -0.1) is 0 Å². The maximum atomic E-state index is 12.9. The van der Waals surface area contributed by atoms with Gasteiger partial charge in [0.25, 0.3) is 0 Å². The zero-order valence-electron chi connectivity index (χ0n) is 19.0. The fourth-order valence-corrected chi connectivity index (χ4v) is 5.59. The van der Waals surface area contributed by atoms with Gasteiger partial charge in [-0.3, -0.25) is 4.79 Å². The molecule has 3 nitrogen and oxygen atoms in total. The summed E-state index contributed by atoms with van der Waals surface area (Å²) in [4.78, 5) is 12.9. The van der Waals surface area contributed by atoms with Crippen molar-refractivity contribution in [2.75, 3.05) is 7.11 Å². The van der Waals surface area contributed by atoms with Crippen molar-refractivity contribution in [1.82, 2.24) is 0 Å². The van der Waals surface area contributed by atoms with Crippen LogP contribution in [-0.4, -0.2) is 21.2 Å². The normalized spacial score (nSPS) is 22.9. The molecule has 1 aromatic rings. The quantitative estimate of drug-likeness (QED) is 0.435. The molecule has 0 heterocycles. The summed E-state index contributed by atoms with van der Waals surface area (Å²) in [5.74, 6) is 2.52. The Bertz CT molecular complexity index is 734. The number of carbonyl (C=O) groups is 1. The van der Waals surface area contributed by atoms with Crippen LogP contribution in [0.3, 0.4) is 0 Å². The molecule has 0 bridgehead atoms. The van der Waals surface area contributed by atoms with Crippen molar-refractivity contribution in [3.8, 4) is 11.5 Å². The highest BCUT2D eigenvalue weighted by Crippen LogP contribution is 2.46. The Kier molecular flexibility index (Phi) is 6.82. The van der Waals surface area contributed by atoms with E-state index >= 15 is 0 Å². The summed E-state index contributed by atoms with van der Waals surface area (Å²) >= 11 is 3.61. The second kappa shape index (κ2) is 8.14. The summed E-state index contributed by atoms with van der Waals surface area (Å²) < 4.78 is 13.1. The molecule has 2 rings (SSSR count). The molecular formula is C23H37BrO3Si. The van der Waals surface area contributed by atoms with Gasteiger partial charge in [0, 0.05) is 12.3 Å². The molecule has 2 atom stereocenters. The average Bonchev–Trinajstić information content (AvgIpc) is 2.50. The van der Waals surface area contributed by atoms with Crippen LogP contribution in [0.5, 0.6) is 11.5 Å². The molecule has 0 saturated heterocycles. The monoisotopic (exact) mass is 468 g/mol. The van der Waals surface area contributed by atoms with Gasteiger partial charge in [-0.05, 0) is 75.9 Å². The Balaban J connectivity index is 2.46. The molecule has 0 aromatic heterocycles. The van der Waals surface area contributed by atoms with Crippen molar-refractivity contribution in [3.63, 3.8) is 0 Å². The van der Waals surface area contributed by atoms with Gasteiger partial charge in [0.05, 0.1) is 11.6 Å². The summed E-state index contributed by atoms with van der Waals surface area (Å²) in [6.07, 6.45) is 2.46. The summed E-state index contributed by atoms with van der Waals surface area (Å²) in [5.41, 5.74) is 1.06.